The largest absolute Gasteiger partial charge is 0.337 e. The molecule has 1 amide bonds. The molecule has 1 aliphatic rings. The SMILES string of the molecule is CC.CN1CC(CNC(=O)n2ccnc2)C1. The summed E-state index contributed by atoms with van der Waals surface area (Å²) in [5.74, 6) is 0.604. The van der Waals surface area contributed by atoms with Gasteiger partial charge in [-0.1, -0.05) is 13.8 Å². The summed E-state index contributed by atoms with van der Waals surface area (Å²) in [6.07, 6.45) is 4.74. The van der Waals surface area contributed by atoms with Crippen molar-refractivity contribution >= 4 is 6.03 Å². The minimum atomic E-state index is -0.1000. The third-order valence-electron chi connectivity index (χ3n) is 2.42. The Kier molecular flexibility index (Phi) is 4.98. The van der Waals surface area contributed by atoms with Crippen molar-refractivity contribution in [2.24, 2.45) is 5.92 Å². The lowest BCUT2D eigenvalue weighted by Gasteiger charge is -2.36. The molecule has 1 saturated heterocycles. The fraction of sp³-hybridized carbons (Fsp3) is 0.636. The van der Waals surface area contributed by atoms with Crippen molar-refractivity contribution in [1.29, 1.82) is 0 Å². The number of carbonyl (C=O) groups is 1. The van der Waals surface area contributed by atoms with E-state index in [9.17, 15) is 4.79 Å². The molecular weight excluding hydrogens is 204 g/mol. The second-order valence-electron chi connectivity index (χ2n) is 3.74. The summed E-state index contributed by atoms with van der Waals surface area (Å²) >= 11 is 0. The molecule has 0 aliphatic carbocycles. The first-order valence-electron chi connectivity index (χ1n) is 5.70. The van der Waals surface area contributed by atoms with Crippen LogP contribution in [0.15, 0.2) is 18.7 Å². The summed E-state index contributed by atoms with van der Waals surface area (Å²) in [5.41, 5.74) is 0. The summed E-state index contributed by atoms with van der Waals surface area (Å²) in [4.78, 5) is 17.5. The highest BCUT2D eigenvalue weighted by atomic mass is 16.2. The van der Waals surface area contributed by atoms with Crippen LogP contribution in [0.2, 0.25) is 0 Å². The van der Waals surface area contributed by atoms with Crippen molar-refractivity contribution < 1.29 is 4.79 Å². The van der Waals surface area contributed by atoms with Gasteiger partial charge >= 0.3 is 6.03 Å². The molecule has 0 aromatic carbocycles. The Morgan fingerprint density at radius 1 is 1.50 bits per heavy atom. The fourth-order valence-electron chi connectivity index (χ4n) is 1.66. The molecule has 0 spiro atoms. The number of amides is 1. The number of rotatable bonds is 2. The molecule has 1 aromatic rings. The highest BCUT2D eigenvalue weighted by Gasteiger charge is 2.23. The van der Waals surface area contributed by atoms with E-state index in [1.165, 1.54) is 10.9 Å². The zero-order valence-electron chi connectivity index (χ0n) is 10.2. The summed E-state index contributed by atoms with van der Waals surface area (Å²) in [6.45, 7) is 6.90. The number of carbonyl (C=O) groups excluding carboxylic acids is 1. The third-order valence-corrected chi connectivity index (χ3v) is 2.42. The zero-order chi connectivity index (χ0) is 12.0. The average molecular weight is 224 g/mol. The summed E-state index contributed by atoms with van der Waals surface area (Å²) in [6, 6.07) is -0.1000. The van der Waals surface area contributed by atoms with E-state index in [1.807, 2.05) is 13.8 Å². The van der Waals surface area contributed by atoms with Crippen LogP contribution in [-0.4, -0.2) is 47.2 Å². The van der Waals surface area contributed by atoms with Crippen LogP contribution in [0.3, 0.4) is 0 Å². The van der Waals surface area contributed by atoms with Crippen LogP contribution in [0.25, 0.3) is 0 Å². The van der Waals surface area contributed by atoms with E-state index >= 15 is 0 Å². The first-order chi connectivity index (χ1) is 7.75. The molecule has 1 aromatic heterocycles. The lowest BCUT2D eigenvalue weighted by molar-refractivity contribution is 0.134. The van der Waals surface area contributed by atoms with Crippen LogP contribution in [-0.2, 0) is 0 Å². The number of hydrogen-bond donors (Lipinski definition) is 1. The zero-order valence-corrected chi connectivity index (χ0v) is 10.2. The van der Waals surface area contributed by atoms with Gasteiger partial charge in [-0.15, -0.1) is 0 Å². The molecule has 90 valence electrons. The molecule has 0 unspecified atom stereocenters. The van der Waals surface area contributed by atoms with Gasteiger partial charge in [0, 0.05) is 37.9 Å². The van der Waals surface area contributed by atoms with E-state index in [1.54, 1.807) is 12.4 Å². The summed E-state index contributed by atoms with van der Waals surface area (Å²) in [7, 11) is 2.08. The molecule has 0 bridgehead atoms. The third kappa shape index (κ3) is 3.34. The van der Waals surface area contributed by atoms with Gasteiger partial charge < -0.3 is 10.2 Å². The van der Waals surface area contributed by atoms with Crippen LogP contribution in [0, 0.1) is 5.92 Å². The van der Waals surface area contributed by atoms with Gasteiger partial charge in [0.2, 0.25) is 0 Å². The van der Waals surface area contributed by atoms with Gasteiger partial charge in [0.15, 0.2) is 0 Å². The van der Waals surface area contributed by atoms with E-state index in [-0.39, 0.29) is 6.03 Å². The lowest BCUT2D eigenvalue weighted by atomic mass is 10.0. The minimum absolute atomic E-state index is 0.1000. The molecule has 1 aliphatic heterocycles. The molecule has 1 fully saturated rings. The molecule has 0 atom stereocenters. The number of nitrogens with zero attached hydrogens (tertiary/aromatic N) is 3. The van der Waals surface area contributed by atoms with Gasteiger partial charge in [0.25, 0.3) is 0 Å². The standard InChI is InChI=1S/C9H14N4O.C2H6/c1-12-5-8(6-12)4-11-9(14)13-3-2-10-7-13;1-2/h2-3,7-8H,4-6H2,1H3,(H,11,14);1-2H3. The number of imidazole rings is 1. The van der Waals surface area contributed by atoms with E-state index in [0.717, 1.165) is 19.6 Å². The van der Waals surface area contributed by atoms with Crippen LogP contribution >= 0.6 is 0 Å². The molecule has 5 nitrogen and oxygen atoms in total. The van der Waals surface area contributed by atoms with E-state index in [2.05, 4.69) is 22.2 Å². The quantitative estimate of drug-likeness (QED) is 0.816. The minimum Gasteiger partial charge on any atom is -0.337 e. The van der Waals surface area contributed by atoms with Crippen molar-refractivity contribution in [3.8, 4) is 0 Å². The number of nitrogens with one attached hydrogen (secondary N) is 1. The maximum atomic E-state index is 11.4. The molecular formula is C11H20N4O. The van der Waals surface area contributed by atoms with Crippen LogP contribution < -0.4 is 5.32 Å². The second-order valence-corrected chi connectivity index (χ2v) is 3.74. The first-order valence-corrected chi connectivity index (χ1v) is 5.70. The smallest absolute Gasteiger partial charge is 0.326 e. The lowest BCUT2D eigenvalue weighted by Crippen LogP contribution is -2.49. The Labute approximate surface area is 96.5 Å². The molecule has 5 heteroatoms. The first kappa shape index (κ1) is 12.7. The topological polar surface area (TPSA) is 50.2 Å². The van der Waals surface area contributed by atoms with Crippen molar-refractivity contribution in [2.75, 3.05) is 26.7 Å². The Morgan fingerprint density at radius 3 is 2.69 bits per heavy atom. The Hall–Kier alpha value is -1.36. The number of likely N-dealkylation sites (tertiary alicyclic amines) is 1. The summed E-state index contributed by atoms with van der Waals surface area (Å²) in [5, 5.41) is 2.86. The highest BCUT2D eigenvalue weighted by molar-refractivity contribution is 5.76. The van der Waals surface area contributed by atoms with E-state index < -0.39 is 0 Å². The summed E-state index contributed by atoms with van der Waals surface area (Å²) < 4.78 is 1.45. The van der Waals surface area contributed by atoms with Gasteiger partial charge in [0.1, 0.15) is 6.33 Å². The van der Waals surface area contributed by atoms with Crippen LogP contribution in [0.5, 0.6) is 0 Å². The predicted molar refractivity (Wildman–Crippen MR) is 63.4 cm³/mol. The van der Waals surface area contributed by atoms with Crippen molar-refractivity contribution in [3.63, 3.8) is 0 Å². The fourth-order valence-corrected chi connectivity index (χ4v) is 1.66. The van der Waals surface area contributed by atoms with Gasteiger partial charge in [0.05, 0.1) is 0 Å². The normalized spacial score (nSPS) is 15.9. The van der Waals surface area contributed by atoms with E-state index in [4.69, 9.17) is 0 Å². The Morgan fingerprint density at radius 2 is 2.19 bits per heavy atom. The molecule has 16 heavy (non-hydrogen) atoms. The van der Waals surface area contributed by atoms with Gasteiger partial charge in [-0.3, -0.25) is 4.57 Å². The van der Waals surface area contributed by atoms with Crippen molar-refractivity contribution in [2.45, 2.75) is 13.8 Å². The van der Waals surface area contributed by atoms with Gasteiger partial charge in [-0.05, 0) is 7.05 Å². The molecule has 2 heterocycles. The number of hydrogen-bond acceptors (Lipinski definition) is 3. The number of aromatic nitrogens is 2. The Bertz CT molecular complexity index is 304. The van der Waals surface area contributed by atoms with Gasteiger partial charge in [-0.2, -0.15) is 0 Å². The molecule has 1 N–H and O–H groups in total. The maximum Gasteiger partial charge on any atom is 0.326 e. The second kappa shape index (κ2) is 6.27. The Balaban J connectivity index is 0.000000606. The van der Waals surface area contributed by atoms with Gasteiger partial charge in [-0.25, -0.2) is 9.78 Å². The van der Waals surface area contributed by atoms with Crippen LogP contribution in [0.1, 0.15) is 13.8 Å². The average Bonchev–Trinajstić information content (AvgIpc) is 2.78. The predicted octanol–water partition coefficient (Wildman–Crippen LogP) is 1.03. The molecule has 0 radical (unpaired) electrons. The highest BCUT2D eigenvalue weighted by Crippen LogP contribution is 2.10. The monoisotopic (exact) mass is 224 g/mol. The molecule has 2 rings (SSSR count). The van der Waals surface area contributed by atoms with E-state index in [0.29, 0.717) is 5.92 Å². The maximum absolute atomic E-state index is 11.4. The van der Waals surface area contributed by atoms with Crippen LogP contribution in [0.4, 0.5) is 4.79 Å². The van der Waals surface area contributed by atoms with Crippen molar-refractivity contribution in [1.82, 2.24) is 19.8 Å². The van der Waals surface area contributed by atoms with Crippen molar-refractivity contribution in [3.05, 3.63) is 18.7 Å². The molecule has 0 saturated carbocycles.